The Balaban J connectivity index is 0.00000102. The van der Waals surface area contributed by atoms with E-state index in [2.05, 4.69) is 31.9 Å². The number of benzene rings is 2. The van der Waals surface area contributed by atoms with Crippen molar-refractivity contribution in [3.8, 4) is 0 Å². The van der Waals surface area contributed by atoms with E-state index in [0.29, 0.717) is 32.8 Å². The van der Waals surface area contributed by atoms with Gasteiger partial charge in [0, 0.05) is 46.4 Å². The number of aliphatic hydroxyl groups is 10. The molecule has 362 valence electrons. The van der Waals surface area contributed by atoms with Gasteiger partial charge in [0.05, 0.1) is 99.8 Å². The molecular weight excluding hydrogens is 1540 g/mol. The third-order valence-electron chi connectivity index (χ3n) is 7.39. The molecule has 0 spiro atoms. The minimum Gasteiger partial charge on any atom is -0.479 e. The van der Waals surface area contributed by atoms with Crippen LogP contribution in [0.1, 0.15) is 41.4 Å². The van der Waals surface area contributed by atoms with Crippen LogP contribution in [0.4, 0.5) is 11.4 Å². The van der Waals surface area contributed by atoms with Crippen LogP contribution >= 0.6 is 136 Å². The summed E-state index contributed by atoms with van der Waals surface area (Å²) >= 11 is 11.8. The van der Waals surface area contributed by atoms with Crippen molar-refractivity contribution < 1.29 is 90.0 Å². The topological polar surface area (TPSA) is 417 Å². The quantitative estimate of drug-likeness (QED) is 0.0503. The summed E-state index contributed by atoms with van der Waals surface area (Å²) in [6.45, 7) is -1.35. The van der Waals surface area contributed by atoms with Crippen LogP contribution in [0.15, 0.2) is 0 Å². The Bertz CT molecular complexity index is 1790. The van der Waals surface area contributed by atoms with Crippen LogP contribution in [0, 0.1) is 21.4 Å². The van der Waals surface area contributed by atoms with Gasteiger partial charge in [-0.1, -0.05) is 0 Å². The van der Waals surface area contributed by atoms with Gasteiger partial charge < -0.3 is 93.2 Å². The Hall–Kier alpha value is -1.16. The fraction of sp³-hybridized carbons (Fsp3) is 0.471. The number of carboxylic acids is 2. The zero-order valence-electron chi connectivity index (χ0n) is 32.9. The first kappa shape index (κ1) is 62.8. The molecule has 0 aliphatic carbocycles. The molecule has 4 unspecified atom stereocenters. The predicted octanol–water partition coefficient (Wildman–Crippen LogP) is -2.70. The van der Waals surface area contributed by atoms with Crippen LogP contribution in [0.5, 0.6) is 0 Å². The van der Waals surface area contributed by atoms with Crippen LogP contribution in [-0.4, -0.2) is 200 Å². The summed E-state index contributed by atoms with van der Waals surface area (Å²) in [7, 11) is 0. The van der Waals surface area contributed by atoms with Crippen molar-refractivity contribution in [2.75, 3.05) is 89.5 Å². The second kappa shape index (κ2) is 33.4. The van der Waals surface area contributed by atoms with E-state index in [-0.39, 0.29) is 87.9 Å². The maximum Gasteiger partial charge on any atom is 0.335 e. The van der Waals surface area contributed by atoms with Gasteiger partial charge in [0.15, 0.2) is 12.2 Å². The molecule has 0 aliphatic rings. The van der Waals surface area contributed by atoms with Crippen molar-refractivity contribution in [3.05, 3.63) is 43.7 Å². The molecule has 0 bridgehead atoms. The van der Waals surface area contributed by atoms with Gasteiger partial charge in [-0.2, -0.15) is 0 Å². The molecule has 0 aromatic heterocycles. The molecule has 4 amide bonds. The second-order valence-electron chi connectivity index (χ2n) is 12.1. The monoisotopic (exact) mass is 1590 g/mol. The highest BCUT2D eigenvalue weighted by atomic mass is 127. The highest BCUT2D eigenvalue weighted by Crippen LogP contribution is 2.37. The lowest BCUT2D eigenvalue weighted by molar-refractivity contribution is -0.165. The largest absolute Gasteiger partial charge is 0.479 e. The predicted molar refractivity (Wildman–Crippen MR) is 277 cm³/mol. The molecule has 2 rings (SSSR count). The lowest BCUT2D eigenvalue weighted by atomic mass is 10.1. The molecule has 18 N–H and O–H groups in total. The Labute approximate surface area is 446 Å². The van der Waals surface area contributed by atoms with Crippen molar-refractivity contribution in [1.29, 1.82) is 0 Å². The third-order valence-corrected chi connectivity index (χ3v) is 13.9. The number of nitrogens with one attached hydrogen (secondary N) is 6. The number of hydrogen-bond acceptors (Lipinski definition) is 18. The van der Waals surface area contributed by atoms with Crippen LogP contribution in [-0.2, 0) is 9.59 Å². The molecule has 0 heterocycles. The maximum atomic E-state index is 12.7. The number of amides is 4. The number of carbonyl (C=O) groups is 6. The van der Waals surface area contributed by atoms with E-state index in [1.807, 2.05) is 136 Å². The van der Waals surface area contributed by atoms with E-state index >= 15 is 0 Å². The van der Waals surface area contributed by atoms with Gasteiger partial charge in [-0.05, 0) is 136 Å². The Kier molecular flexibility index (Phi) is 32.8. The van der Waals surface area contributed by atoms with Crippen molar-refractivity contribution >= 4 is 182 Å². The van der Waals surface area contributed by atoms with E-state index in [0.717, 1.165) is 0 Å². The SMILES string of the molecule is O=C(NCCO)c1c(I)c(NCCO)c(I)c(C(=O)NCC(O)CO)c1I.O=C(NCCO)c1c(I)c(NCCO)c(I)c(C(=O)NCC(O)CO)c1I.O=C(O)C(O)C(O)C(=O)O. The summed E-state index contributed by atoms with van der Waals surface area (Å²) in [6, 6.07) is 0. The van der Waals surface area contributed by atoms with Gasteiger partial charge >= 0.3 is 11.9 Å². The molecule has 2 aromatic rings. The molecule has 64 heavy (non-hydrogen) atoms. The average Bonchev–Trinajstić information content (AvgIpc) is 3.25. The van der Waals surface area contributed by atoms with E-state index in [1.165, 1.54) is 0 Å². The molecule has 0 saturated heterocycles. The van der Waals surface area contributed by atoms with Crippen LogP contribution in [0.2, 0.25) is 0 Å². The lowest BCUT2D eigenvalue weighted by Gasteiger charge is -2.20. The van der Waals surface area contributed by atoms with Gasteiger partial charge in [-0.25, -0.2) is 9.59 Å². The number of carboxylic acid groups (broad SMARTS) is 2. The smallest absolute Gasteiger partial charge is 0.335 e. The average molecular weight is 1590 g/mol. The number of rotatable bonds is 23. The molecule has 2 aromatic carbocycles. The molecule has 0 fully saturated rings. The van der Waals surface area contributed by atoms with E-state index < -0.39 is 73.2 Å². The molecule has 0 radical (unpaired) electrons. The van der Waals surface area contributed by atoms with Crippen molar-refractivity contribution in [2.24, 2.45) is 0 Å². The zero-order chi connectivity index (χ0) is 49.4. The first-order valence-corrected chi connectivity index (χ1v) is 24.4. The highest BCUT2D eigenvalue weighted by Gasteiger charge is 2.31. The molecular formula is C34H46I6N6O18. The Morgan fingerprint density at radius 1 is 0.406 bits per heavy atom. The van der Waals surface area contributed by atoms with Crippen LogP contribution in [0.3, 0.4) is 0 Å². The standard InChI is InChI=1S/2C15H20I3N3O6.C4H6O6/c2*16-10-8(14(26)20-2-4-23)11(17)13(19-1-3-22)12(18)9(10)15(27)21-5-7(25)6-24;5-1(3(7)8)2(6)4(9)10/h2*7,19,22-25H,1-6H2,(H,20,26)(H,21,27);1-2,5-6H,(H,7,8)(H,9,10). The van der Waals surface area contributed by atoms with Crippen molar-refractivity contribution in [2.45, 2.75) is 24.4 Å². The third kappa shape index (κ3) is 19.8. The lowest BCUT2D eigenvalue weighted by Crippen LogP contribution is -2.39. The summed E-state index contributed by atoms with van der Waals surface area (Å²) in [5.41, 5.74) is 2.12. The van der Waals surface area contributed by atoms with Gasteiger partial charge in [0.2, 0.25) is 0 Å². The summed E-state index contributed by atoms with van der Waals surface area (Å²) in [5, 5.41) is 122. The fourth-order valence-electron chi connectivity index (χ4n) is 4.31. The molecule has 30 heteroatoms. The van der Waals surface area contributed by atoms with Gasteiger partial charge in [0.1, 0.15) is 0 Å². The Morgan fingerprint density at radius 2 is 0.656 bits per heavy atom. The summed E-state index contributed by atoms with van der Waals surface area (Å²) in [5.74, 6) is -5.42. The summed E-state index contributed by atoms with van der Waals surface area (Å²) in [6.07, 6.45) is -6.71. The molecule has 4 atom stereocenters. The van der Waals surface area contributed by atoms with E-state index in [9.17, 15) is 39.0 Å². The van der Waals surface area contributed by atoms with Crippen molar-refractivity contribution in [3.63, 3.8) is 0 Å². The number of hydrogen-bond donors (Lipinski definition) is 18. The van der Waals surface area contributed by atoms with Gasteiger partial charge in [-0.3, -0.25) is 19.2 Å². The fourth-order valence-corrected chi connectivity index (χ4v) is 13.4. The van der Waals surface area contributed by atoms with Crippen LogP contribution in [0.25, 0.3) is 0 Å². The molecule has 0 saturated carbocycles. The summed E-state index contributed by atoms with van der Waals surface area (Å²) in [4.78, 5) is 70.0. The first-order chi connectivity index (χ1) is 30.1. The van der Waals surface area contributed by atoms with Gasteiger partial charge in [0.25, 0.3) is 23.6 Å². The Morgan fingerprint density at radius 3 is 0.875 bits per heavy atom. The zero-order valence-corrected chi connectivity index (χ0v) is 45.8. The highest BCUT2D eigenvalue weighted by molar-refractivity contribution is 14.1. The number of anilines is 2. The normalized spacial score (nSPS) is 12.4. The van der Waals surface area contributed by atoms with Gasteiger partial charge in [-0.15, -0.1) is 0 Å². The number of aliphatic carboxylic acids is 2. The van der Waals surface area contributed by atoms with Crippen LogP contribution < -0.4 is 31.9 Å². The number of halogens is 6. The number of aliphatic hydroxyl groups excluding tert-OH is 10. The van der Waals surface area contributed by atoms with E-state index in [1.54, 1.807) is 0 Å². The minimum absolute atomic E-state index is 0.0700. The number of carbonyl (C=O) groups excluding carboxylic acids is 4. The maximum absolute atomic E-state index is 12.7. The minimum atomic E-state index is -2.27. The second-order valence-corrected chi connectivity index (χ2v) is 18.5. The first-order valence-electron chi connectivity index (χ1n) is 17.9. The summed E-state index contributed by atoms with van der Waals surface area (Å²) < 4.78 is 3.12. The van der Waals surface area contributed by atoms with E-state index in [4.69, 9.17) is 51.1 Å². The molecule has 24 nitrogen and oxygen atoms in total. The van der Waals surface area contributed by atoms with Crippen molar-refractivity contribution in [1.82, 2.24) is 21.3 Å². The molecule has 0 aliphatic heterocycles.